The van der Waals surface area contributed by atoms with Crippen molar-refractivity contribution in [1.82, 2.24) is 0 Å². The number of para-hydroxylation sites is 1. The molecule has 0 bridgehead atoms. The van der Waals surface area contributed by atoms with Gasteiger partial charge >= 0.3 is 0 Å². The van der Waals surface area contributed by atoms with Crippen LogP contribution in [0, 0.1) is 0 Å². The van der Waals surface area contributed by atoms with Crippen molar-refractivity contribution >= 4 is 13.7 Å². The van der Waals surface area contributed by atoms with Crippen molar-refractivity contribution in [3.05, 3.63) is 30.3 Å². The van der Waals surface area contributed by atoms with Crippen LogP contribution in [0.2, 0.25) is 0 Å². The lowest BCUT2D eigenvalue weighted by Gasteiger charge is -2.10. The van der Waals surface area contributed by atoms with Gasteiger partial charge in [-0.1, -0.05) is 18.2 Å². The van der Waals surface area contributed by atoms with Crippen molar-refractivity contribution in [1.29, 1.82) is 0 Å². The Balaban J connectivity index is 2.85. The summed E-state index contributed by atoms with van der Waals surface area (Å²) in [5.74, 6) is 5.22. The number of nitrogens with zero attached hydrogens (tertiary/aromatic N) is 1. The minimum atomic E-state index is 0.803. The first-order chi connectivity index (χ1) is 4.30. The Hall–Kier alpha value is -0.955. The fourth-order valence-corrected chi connectivity index (χ4v) is 0.600. The number of hydrogen-bond acceptors (Lipinski definition) is 2. The molecule has 0 aliphatic heterocycles. The highest BCUT2D eigenvalue weighted by atomic mass is 15.3. The molecule has 9 heavy (non-hydrogen) atoms. The summed E-state index contributed by atoms with van der Waals surface area (Å²) >= 11 is 0. The second-order valence-corrected chi connectivity index (χ2v) is 1.74. The summed E-state index contributed by atoms with van der Waals surface area (Å²) in [6, 6.07) is 9.33. The summed E-state index contributed by atoms with van der Waals surface area (Å²) in [6.07, 6.45) is 0. The highest BCUT2D eigenvalue weighted by molar-refractivity contribution is 6.16. The third-order valence-electron chi connectivity index (χ3n) is 1.05. The van der Waals surface area contributed by atoms with Crippen LogP contribution in [-0.4, -0.2) is 7.98 Å². The number of hydrazine groups is 1. The zero-order valence-corrected chi connectivity index (χ0v) is 4.99. The van der Waals surface area contributed by atoms with Gasteiger partial charge in [0.15, 0.2) is 0 Å². The van der Waals surface area contributed by atoms with E-state index >= 15 is 0 Å². The lowest BCUT2D eigenvalue weighted by molar-refractivity contribution is 1.19. The van der Waals surface area contributed by atoms with E-state index in [0.29, 0.717) is 0 Å². The molecule has 1 rings (SSSR count). The highest BCUT2D eigenvalue weighted by Crippen LogP contribution is 2.05. The summed E-state index contributed by atoms with van der Waals surface area (Å²) in [5, 5.41) is 0. The molecule has 1 aromatic rings. The molecule has 2 N–H and O–H groups in total. The molecule has 3 heteroatoms. The van der Waals surface area contributed by atoms with Gasteiger partial charge in [0.1, 0.15) is 0 Å². The van der Waals surface area contributed by atoms with Crippen LogP contribution in [0.4, 0.5) is 5.69 Å². The van der Waals surface area contributed by atoms with Crippen LogP contribution in [0.15, 0.2) is 30.3 Å². The molecule has 0 heterocycles. The summed E-state index contributed by atoms with van der Waals surface area (Å²) < 4.78 is 0. The molecule has 44 valence electrons. The van der Waals surface area contributed by atoms with E-state index in [1.54, 1.807) is 0 Å². The Kier molecular flexibility index (Phi) is 1.75. The average Bonchev–Trinajstić information content (AvgIpc) is 1.90. The molecule has 0 aliphatic rings. The molecule has 0 atom stereocenters. The Bertz CT molecular complexity index is 174. The maximum atomic E-state index is 5.22. The molecule has 2 nitrogen and oxygen atoms in total. The van der Waals surface area contributed by atoms with Crippen LogP contribution < -0.4 is 10.8 Å². The topological polar surface area (TPSA) is 29.3 Å². The SMILES string of the molecule is [B]N(N)c1ccccc1. The maximum absolute atomic E-state index is 5.22. The predicted octanol–water partition coefficient (Wildman–Crippen LogP) is 0.450. The highest BCUT2D eigenvalue weighted by Gasteiger charge is 1.88. The first-order valence-corrected chi connectivity index (χ1v) is 2.65. The van der Waals surface area contributed by atoms with Crippen LogP contribution in [0.1, 0.15) is 0 Å². The lowest BCUT2D eigenvalue weighted by Crippen LogP contribution is -2.26. The van der Waals surface area contributed by atoms with Crippen LogP contribution >= 0.6 is 0 Å². The summed E-state index contributed by atoms with van der Waals surface area (Å²) in [7, 11) is 5.22. The quantitative estimate of drug-likeness (QED) is 0.329. The standard InChI is InChI=1S/C6H7BN2/c7-9(8)6-4-2-1-3-5-6/h1-5H,8H2. The minimum absolute atomic E-state index is 0.803. The molecular weight excluding hydrogens is 111 g/mol. The molecule has 0 unspecified atom stereocenters. The van der Waals surface area contributed by atoms with Crippen molar-refractivity contribution in [2.75, 3.05) is 4.92 Å². The second kappa shape index (κ2) is 2.55. The van der Waals surface area contributed by atoms with Crippen LogP contribution in [-0.2, 0) is 0 Å². The van der Waals surface area contributed by atoms with E-state index in [-0.39, 0.29) is 0 Å². The lowest BCUT2D eigenvalue weighted by atomic mass is 10.2. The maximum Gasteiger partial charge on any atom is 0.253 e. The van der Waals surface area contributed by atoms with E-state index in [2.05, 4.69) is 0 Å². The van der Waals surface area contributed by atoms with Crippen molar-refractivity contribution in [3.8, 4) is 0 Å². The Morgan fingerprint density at radius 1 is 1.22 bits per heavy atom. The van der Waals surface area contributed by atoms with E-state index in [4.69, 9.17) is 13.8 Å². The van der Waals surface area contributed by atoms with Crippen LogP contribution in [0.3, 0.4) is 0 Å². The Labute approximate surface area is 55.7 Å². The van der Waals surface area contributed by atoms with Crippen molar-refractivity contribution in [2.24, 2.45) is 5.84 Å². The molecule has 0 saturated carbocycles. The number of hydrogen-bond donors (Lipinski definition) is 1. The minimum Gasteiger partial charge on any atom is -0.369 e. The van der Waals surface area contributed by atoms with Gasteiger partial charge in [0.2, 0.25) is 0 Å². The van der Waals surface area contributed by atoms with Gasteiger partial charge in [-0.15, -0.1) is 0 Å². The van der Waals surface area contributed by atoms with Gasteiger partial charge in [0.25, 0.3) is 7.98 Å². The molecule has 0 saturated heterocycles. The molecule has 0 aromatic heterocycles. The molecule has 0 amide bonds. The smallest absolute Gasteiger partial charge is 0.253 e. The van der Waals surface area contributed by atoms with E-state index < -0.39 is 0 Å². The first-order valence-electron chi connectivity index (χ1n) is 2.65. The second-order valence-electron chi connectivity index (χ2n) is 1.74. The van der Waals surface area contributed by atoms with Crippen molar-refractivity contribution < 1.29 is 0 Å². The fourth-order valence-electron chi connectivity index (χ4n) is 0.600. The van der Waals surface area contributed by atoms with Crippen molar-refractivity contribution in [3.63, 3.8) is 0 Å². The molecule has 0 aliphatic carbocycles. The van der Waals surface area contributed by atoms with Gasteiger partial charge in [-0.25, -0.2) is 0 Å². The largest absolute Gasteiger partial charge is 0.369 e. The fraction of sp³-hybridized carbons (Fsp3) is 0. The molecule has 0 spiro atoms. The van der Waals surface area contributed by atoms with Gasteiger partial charge in [0, 0.05) is 5.69 Å². The molecule has 2 radical (unpaired) electrons. The van der Waals surface area contributed by atoms with Gasteiger partial charge in [-0.3, -0.25) is 5.84 Å². The van der Waals surface area contributed by atoms with Gasteiger partial charge in [0.05, 0.1) is 0 Å². The number of benzene rings is 1. The summed E-state index contributed by atoms with van der Waals surface area (Å²) in [4.78, 5) is 1.08. The zero-order valence-electron chi connectivity index (χ0n) is 4.99. The zero-order chi connectivity index (χ0) is 6.69. The van der Waals surface area contributed by atoms with Gasteiger partial charge in [-0.05, 0) is 12.1 Å². The van der Waals surface area contributed by atoms with Crippen LogP contribution in [0.25, 0.3) is 0 Å². The number of rotatable bonds is 1. The van der Waals surface area contributed by atoms with Gasteiger partial charge < -0.3 is 4.92 Å². The molecule has 1 aromatic carbocycles. The van der Waals surface area contributed by atoms with Gasteiger partial charge in [-0.2, -0.15) is 0 Å². The Morgan fingerprint density at radius 2 is 1.78 bits per heavy atom. The number of anilines is 1. The first kappa shape index (κ1) is 6.17. The summed E-state index contributed by atoms with van der Waals surface area (Å²) in [5.41, 5.74) is 0.803. The van der Waals surface area contributed by atoms with E-state index in [0.717, 1.165) is 10.6 Å². The van der Waals surface area contributed by atoms with E-state index in [9.17, 15) is 0 Å². The molecule has 0 fully saturated rings. The third-order valence-corrected chi connectivity index (χ3v) is 1.05. The van der Waals surface area contributed by atoms with Crippen molar-refractivity contribution in [2.45, 2.75) is 0 Å². The summed E-state index contributed by atoms with van der Waals surface area (Å²) in [6.45, 7) is 0. The predicted molar refractivity (Wildman–Crippen MR) is 38.9 cm³/mol. The normalized spacial score (nSPS) is 9.00. The van der Waals surface area contributed by atoms with Crippen LogP contribution in [0.5, 0.6) is 0 Å². The third kappa shape index (κ3) is 1.47. The molecular formula is C6H7BN2. The van der Waals surface area contributed by atoms with E-state index in [1.165, 1.54) is 0 Å². The van der Waals surface area contributed by atoms with E-state index in [1.807, 2.05) is 30.3 Å². The average molecular weight is 118 g/mol. The Morgan fingerprint density at radius 3 is 2.11 bits per heavy atom. The number of nitrogens with two attached hydrogens (primary N) is 1. The monoisotopic (exact) mass is 118 g/mol.